The molecule has 1 aliphatic carbocycles. The maximum absolute atomic E-state index is 12.4. The number of nitrogens with two attached hydrogens (primary N) is 1. The predicted molar refractivity (Wildman–Crippen MR) is 104 cm³/mol. The van der Waals surface area contributed by atoms with Crippen LogP contribution < -0.4 is 11.1 Å². The molecule has 1 amide bonds. The molecule has 1 aliphatic heterocycles. The van der Waals surface area contributed by atoms with E-state index in [-0.39, 0.29) is 0 Å². The van der Waals surface area contributed by atoms with Crippen LogP contribution in [0.15, 0.2) is 4.99 Å². The summed E-state index contributed by atoms with van der Waals surface area (Å²) in [6.45, 7) is 8.48. The third-order valence-electron chi connectivity index (χ3n) is 5.42. The van der Waals surface area contributed by atoms with Crippen LogP contribution in [0.5, 0.6) is 0 Å². The third-order valence-corrected chi connectivity index (χ3v) is 5.42. The van der Waals surface area contributed by atoms with Crippen molar-refractivity contribution < 1.29 is 4.79 Å². The van der Waals surface area contributed by atoms with Gasteiger partial charge in [-0.15, -0.1) is 0 Å². The Morgan fingerprint density at radius 1 is 1.12 bits per heavy atom. The molecule has 1 heterocycles. The number of aliphatic imine (C=N–C) groups is 1. The molecule has 0 atom stereocenters. The summed E-state index contributed by atoms with van der Waals surface area (Å²) in [5, 5.41) is 3.21. The van der Waals surface area contributed by atoms with E-state index in [1.807, 2.05) is 0 Å². The molecule has 2 fully saturated rings. The number of unbranched alkanes of at least 4 members (excludes halogenated alkanes) is 3. The quantitative estimate of drug-likeness (QED) is 0.377. The first-order valence-electron chi connectivity index (χ1n) is 10.3. The van der Waals surface area contributed by atoms with Crippen LogP contribution in [0.3, 0.4) is 0 Å². The third kappa shape index (κ3) is 7.22. The monoisotopic (exact) mass is 351 g/mol. The van der Waals surface area contributed by atoms with E-state index in [2.05, 4.69) is 27.0 Å². The smallest absolute Gasteiger partial charge is 0.225 e. The van der Waals surface area contributed by atoms with E-state index in [1.165, 1.54) is 32.1 Å². The molecule has 0 bridgehead atoms. The van der Waals surface area contributed by atoms with Crippen molar-refractivity contribution in [2.45, 2.75) is 58.3 Å². The lowest BCUT2D eigenvalue weighted by atomic mass is 10.1. The zero-order chi connectivity index (χ0) is 17.9. The molecule has 1 saturated heterocycles. The van der Waals surface area contributed by atoms with Gasteiger partial charge >= 0.3 is 0 Å². The minimum atomic E-state index is 0.307. The van der Waals surface area contributed by atoms with E-state index in [9.17, 15) is 4.79 Å². The van der Waals surface area contributed by atoms with Gasteiger partial charge in [0, 0.05) is 51.7 Å². The second-order valence-corrected chi connectivity index (χ2v) is 7.40. The maximum atomic E-state index is 12.4. The summed E-state index contributed by atoms with van der Waals surface area (Å²) in [5.74, 6) is 1.27. The molecule has 25 heavy (non-hydrogen) atoms. The van der Waals surface area contributed by atoms with Gasteiger partial charge in [0.25, 0.3) is 0 Å². The van der Waals surface area contributed by atoms with Crippen molar-refractivity contribution in [3.8, 4) is 0 Å². The number of rotatable bonds is 9. The molecule has 2 aliphatic rings. The molecule has 3 N–H and O–H groups in total. The van der Waals surface area contributed by atoms with Crippen LogP contribution in [-0.2, 0) is 4.79 Å². The molecule has 1 saturated carbocycles. The summed E-state index contributed by atoms with van der Waals surface area (Å²) in [6, 6.07) is 0. The number of hydrogen-bond donors (Lipinski definition) is 2. The number of carbonyl (C=O) groups excluding carboxylic acids is 1. The normalized spacial score (nSPS) is 20.2. The highest BCUT2D eigenvalue weighted by atomic mass is 16.2. The predicted octanol–water partition coefficient (Wildman–Crippen LogP) is 1.81. The Labute approximate surface area is 153 Å². The molecule has 0 aromatic rings. The Kier molecular flexibility index (Phi) is 9.08. The Balaban J connectivity index is 1.54. The molecule has 0 aromatic heterocycles. The molecule has 144 valence electrons. The van der Waals surface area contributed by atoms with E-state index in [4.69, 9.17) is 5.73 Å². The summed E-state index contributed by atoms with van der Waals surface area (Å²) in [7, 11) is 0. The van der Waals surface area contributed by atoms with E-state index in [0.717, 1.165) is 65.1 Å². The number of guanidine groups is 1. The number of hydrogen-bond acceptors (Lipinski definition) is 3. The van der Waals surface area contributed by atoms with Gasteiger partial charge < -0.3 is 16.0 Å². The number of amides is 1. The van der Waals surface area contributed by atoms with Gasteiger partial charge in [-0.05, 0) is 19.3 Å². The zero-order valence-electron chi connectivity index (χ0n) is 16.0. The number of nitrogens with one attached hydrogen (secondary N) is 1. The highest BCUT2D eigenvalue weighted by Crippen LogP contribution is 2.26. The second kappa shape index (κ2) is 11.3. The van der Waals surface area contributed by atoms with Gasteiger partial charge in [-0.25, -0.2) is 0 Å². The maximum Gasteiger partial charge on any atom is 0.225 e. The second-order valence-electron chi connectivity index (χ2n) is 7.40. The van der Waals surface area contributed by atoms with Gasteiger partial charge in [0.05, 0.1) is 0 Å². The van der Waals surface area contributed by atoms with Crippen LogP contribution in [0.4, 0.5) is 0 Å². The molecule has 6 heteroatoms. The van der Waals surface area contributed by atoms with E-state index in [1.54, 1.807) is 0 Å². The van der Waals surface area contributed by atoms with Crippen molar-refractivity contribution in [3.63, 3.8) is 0 Å². The SMILES string of the molecule is CCCCCCN=C(N)NCCN1CCN(C(=O)C2CCCC2)CC1. The largest absolute Gasteiger partial charge is 0.370 e. The molecular formula is C19H37N5O. The van der Waals surface area contributed by atoms with E-state index < -0.39 is 0 Å². The van der Waals surface area contributed by atoms with Crippen LogP contribution in [0.25, 0.3) is 0 Å². The topological polar surface area (TPSA) is 74.0 Å². The Morgan fingerprint density at radius 3 is 2.52 bits per heavy atom. The summed E-state index contributed by atoms with van der Waals surface area (Å²) in [5.41, 5.74) is 5.90. The van der Waals surface area contributed by atoms with Crippen molar-refractivity contribution in [1.82, 2.24) is 15.1 Å². The van der Waals surface area contributed by atoms with Gasteiger partial charge in [0.15, 0.2) is 5.96 Å². The molecule has 0 unspecified atom stereocenters. The van der Waals surface area contributed by atoms with Crippen molar-refractivity contribution >= 4 is 11.9 Å². The average Bonchev–Trinajstić information content (AvgIpc) is 3.16. The summed E-state index contributed by atoms with van der Waals surface area (Å²) in [4.78, 5) is 21.3. The van der Waals surface area contributed by atoms with Crippen LogP contribution in [0, 0.1) is 5.92 Å². The first kappa shape index (κ1) is 20.0. The summed E-state index contributed by atoms with van der Waals surface area (Å²) in [6.07, 6.45) is 9.52. The van der Waals surface area contributed by atoms with Crippen molar-refractivity contribution in [1.29, 1.82) is 0 Å². The first-order valence-corrected chi connectivity index (χ1v) is 10.3. The molecule has 0 spiro atoms. The molecule has 0 aromatic carbocycles. The highest BCUT2D eigenvalue weighted by molar-refractivity contribution is 5.79. The fourth-order valence-corrected chi connectivity index (χ4v) is 3.76. The van der Waals surface area contributed by atoms with Crippen molar-refractivity contribution in [2.24, 2.45) is 16.6 Å². The van der Waals surface area contributed by atoms with E-state index >= 15 is 0 Å². The van der Waals surface area contributed by atoms with Crippen LogP contribution >= 0.6 is 0 Å². The minimum Gasteiger partial charge on any atom is -0.370 e. The van der Waals surface area contributed by atoms with Crippen LogP contribution in [0.2, 0.25) is 0 Å². The Bertz CT molecular complexity index is 412. The lowest BCUT2D eigenvalue weighted by Crippen LogP contribution is -2.51. The zero-order valence-corrected chi connectivity index (χ0v) is 16.0. The van der Waals surface area contributed by atoms with Crippen molar-refractivity contribution in [3.05, 3.63) is 0 Å². The van der Waals surface area contributed by atoms with Gasteiger partial charge in [-0.2, -0.15) is 0 Å². The van der Waals surface area contributed by atoms with E-state index in [0.29, 0.717) is 17.8 Å². The molecule has 6 nitrogen and oxygen atoms in total. The average molecular weight is 352 g/mol. The first-order chi connectivity index (χ1) is 12.2. The van der Waals surface area contributed by atoms with Crippen molar-refractivity contribution in [2.75, 3.05) is 45.8 Å². The van der Waals surface area contributed by atoms with Crippen LogP contribution in [0.1, 0.15) is 58.3 Å². The Hall–Kier alpha value is -1.30. The standard InChI is InChI=1S/C19H37N5O/c1-2-3-4-7-10-21-19(20)22-11-12-23-13-15-24(16-14-23)18(25)17-8-5-6-9-17/h17H,2-16H2,1H3,(H3,20,21,22). The van der Waals surface area contributed by atoms with Gasteiger partial charge in [0.1, 0.15) is 0 Å². The molecule has 2 rings (SSSR count). The lowest BCUT2D eigenvalue weighted by Gasteiger charge is -2.36. The molecular weight excluding hydrogens is 314 g/mol. The lowest BCUT2D eigenvalue weighted by molar-refractivity contribution is -0.137. The number of piperazine rings is 1. The van der Waals surface area contributed by atoms with Gasteiger partial charge in [-0.1, -0.05) is 39.0 Å². The van der Waals surface area contributed by atoms with Gasteiger partial charge in [0.2, 0.25) is 5.91 Å². The van der Waals surface area contributed by atoms with Crippen LogP contribution in [-0.4, -0.2) is 67.5 Å². The highest BCUT2D eigenvalue weighted by Gasteiger charge is 2.29. The fourth-order valence-electron chi connectivity index (χ4n) is 3.76. The Morgan fingerprint density at radius 2 is 1.84 bits per heavy atom. The van der Waals surface area contributed by atoms with Gasteiger partial charge in [-0.3, -0.25) is 14.7 Å². The number of nitrogens with zero attached hydrogens (tertiary/aromatic N) is 3. The minimum absolute atomic E-state index is 0.307. The summed E-state index contributed by atoms with van der Waals surface area (Å²) >= 11 is 0. The summed E-state index contributed by atoms with van der Waals surface area (Å²) < 4.78 is 0. The number of carbonyl (C=O) groups is 1. The fraction of sp³-hybridized carbons (Fsp3) is 0.895. The molecule has 0 radical (unpaired) electrons.